The van der Waals surface area contributed by atoms with Gasteiger partial charge in [0.25, 0.3) is 0 Å². The molecule has 2 heteroatoms. The van der Waals surface area contributed by atoms with E-state index >= 15 is 0 Å². The van der Waals surface area contributed by atoms with E-state index < -0.39 is 0 Å². The molecule has 0 N–H and O–H groups in total. The Morgan fingerprint density at radius 2 is 2.00 bits per heavy atom. The van der Waals surface area contributed by atoms with Crippen LogP contribution in [0.4, 0.5) is 0 Å². The van der Waals surface area contributed by atoms with Crippen LogP contribution in [0.5, 0.6) is 0 Å². The first-order chi connectivity index (χ1) is 6.87. The monoisotopic (exact) mass is 199 g/mol. The van der Waals surface area contributed by atoms with Crippen molar-refractivity contribution in [3.05, 3.63) is 0 Å². The molecule has 0 aromatic heterocycles. The summed E-state index contributed by atoms with van der Waals surface area (Å²) in [6, 6.07) is 0. The zero-order valence-electron chi connectivity index (χ0n) is 10.0. The summed E-state index contributed by atoms with van der Waals surface area (Å²) in [6.07, 6.45) is 6.65. The molecule has 0 bridgehead atoms. The average Bonchev–Trinajstić information content (AvgIpc) is 2.88. The summed E-state index contributed by atoms with van der Waals surface area (Å²) < 4.78 is 5.53. The van der Waals surface area contributed by atoms with E-state index in [9.17, 15) is 0 Å². The standard InChI is InChI=1S/C10H19NO.C2H6/c1-2-3-4-7-11-8-5-6-10(11)9-12-10;1-2/h2-9H2,1H3;1-2H3. The molecular weight excluding hydrogens is 174 g/mol. The van der Waals surface area contributed by atoms with Crippen molar-refractivity contribution < 1.29 is 4.74 Å². The minimum atomic E-state index is 0.244. The second-order valence-corrected chi connectivity index (χ2v) is 4.03. The Bertz CT molecular complexity index is 154. The molecule has 0 aromatic rings. The van der Waals surface area contributed by atoms with Gasteiger partial charge in [-0.2, -0.15) is 0 Å². The van der Waals surface area contributed by atoms with Crippen molar-refractivity contribution in [2.75, 3.05) is 19.7 Å². The normalized spacial score (nSPS) is 30.2. The van der Waals surface area contributed by atoms with E-state index in [1.165, 1.54) is 45.2 Å². The van der Waals surface area contributed by atoms with E-state index in [2.05, 4.69) is 11.8 Å². The summed E-state index contributed by atoms with van der Waals surface area (Å²) >= 11 is 0. The molecule has 0 aliphatic carbocycles. The second-order valence-electron chi connectivity index (χ2n) is 4.03. The predicted octanol–water partition coefficient (Wildman–Crippen LogP) is 3.03. The molecule has 0 radical (unpaired) electrons. The number of nitrogens with zero attached hydrogens (tertiary/aromatic N) is 1. The maximum Gasteiger partial charge on any atom is 0.145 e. The third kappa shape index (κ3) is 2.71. The van der Waals surface area contributed by atoms with Crippen molar-refractivity contribution in [1.82, 2.24) is 4.90 Å². The van der Waals surface area contributed by atoms with Crippen LogP contribution in [0.3, 0.4) is 0 Å². The van der Waals surface area contributed by atoms with Gasteiger partial charge in [0.2, 0.25) is 0 Å². The lowest BCUT2D eigenvalue weighted by molar-refractivity contribution is 0.119. The first-order valence-electron chi connectivity index (χ1n) is 6.26. The summed E-state index contributed by atoms with van der Waals surface area (Å²) in [5.41, 5.74) is 0.244. The van der Waals surface area contributed by atoms with Crippen LogP contribution in [0.25, 0.3) is 0 Å². The number of ether oxygens (including phenoxy) is 1. The van der Waals surface area contributed by atoms with E-state index in [0.29, 0.717) is 0 Å². The van der Waals surface area contributed by atoms with E-state index in [1.54, 1.807) is 0 Å². The molecule has 2 heterocycles. The Morgan fingerprint density at radius 3 is 2.57 bits per heavy atom. The maximum atomic E-state index is 5.53. The van der Waals surface area contributed by atoms with Gasteiger partial charge in [-0.15, -0.1) is 0 Å². The predicted molar refractivity (Wildman–Crippen MR) is 60.4 cm³/mol. The molecule has 2 fully saturated rings. The Labute approximate surface area is 88.6 Å². The van der Waals surface area contributed by atoms with Crippen LogP contribution in [-0.4, -0.2) is 30.3 Å². The molecule has 0 saturated carbocycles. The highest BCUT2D eigenvalue weighted by Crippen LogP contribution is 2.41. The third-order valence-corrected chi connectivity index (χ3v) is 3.08. The van der Waals surface area contributed by atoms with Gasteiger partial charge in [-0.3, -0.25) is 4.90 Å². The van der Waals surface area contributed by atoms with Crippen molar-refractivity contribution in [2.24, 2.45) is 0 Å². The molecule has 2 aliphatic heterocycles. The number of likely N-dealkylation sites (tertiary alicyclic amines) is 1. The summed E-state index contributed by atoms with van der Waals surface area (Å²) in [4.78, 5) is 2.54. The van der Waals surface area contributed by atoms with Crippen LogP contribution in [0, 0.1) is 0 Å². The van der Waals surface area contributed by atoms with Crippen molar-refractivity contribution in [3.8, 4) is 0 Å². The van der Waals surface area contributed by atoms with Crippen LogP contribution in [0.15, 0.2) is 0 Å². The van der Waals surface area contributed by atoms with Gasteiger partial charge in [0.05, 0.1) is 6.61 Å². The van der Waals surface area contributed by atoms with Crippen LogP contribution in [-0.2, 0) is 4.74 Å². The fourth-order valence-electron chi connectivity index (χ4n) is 2.19. The summed E-state index contributed by atoms with van der Waals surface area (Å²) in [7, 11) is 0. The third-order valence-electron chi connectivity index (χ3n) is 3.08. The molecule has 84 valence electrons. The van der Waals surface area contributed by atoms with Crippen LogP contribution in [0.1, 0.15) is 52.9 Å². The molecule has 2 saturated heterocycles. The van der Waals surface area contributed by atoms with Gasteiger partial charge in [-0.1, -0.05) is 33.6 Å². The number of hydrogen-bond donors (Lipinski definition) is 0. The number of epoxide rings is 1. The van der Waals surface area contributed by atoms with Gasteiger partial charge >= 0.3 is 0 Å². The van der Waals surface area contributed by atoms with Crippen LogP contribution in [0.2, 0.25) is 0 Å². The van der Waals surface area contributed by atoms with Crippen molar-refractivity contribution in [2.45, 2.75) is 58.6 Å². The molecule has 0 aromatic carbocycles. The minimum Gasteiger partial charge on any atom is -0.353 e. The summed E-state index contributed by atoms with van der Waals surface area (Å²) in [5.74, 6) is 0. The zero-order valence-corrected chi connectivity index (χ0v) is 10.0. The molecule has 1 unspecified atom stereocenters. The Morgan fingerprint density at radius 1 is 1.29 bits per heavy atom. The second kappa shape index (κ2) is 5.72. The fourth-order valence-corrected chi connectivity index (χ4v) is 2.19. The number of unbranched alkanes of at least 4 members (excludes halogenated alkanes) is 2. The lowest BCUT2D eigenvalue weighted by Gasteiger charge is -2.20. The topological polar surface area (TPSA) is 15.8 Å². The van der Waals surface area contributed by atoms with E-state index in [0.717, 1.165) is 6.61 Å². The van der Waals surface area contributed by atoms with Crippen LogP contribution < -0.4 is 0 Å². The first-order valence-corrected chi connectivity index (χ1v) is 6.26. The average molecular weight is 199 g/mol. The molecule has 2 rings (SSSR count). The van der Waals surface area contributed by atoms with Gasteiger partial charge in [-0.05, 0) is 19.3 Å². The summed E-state index contributed by atoms with van der Waals surface area (Å²) in [5, 5.41) is 0. The van der Waals surface area contributed by atoms with E-state index in [1.807, 2.05) is 13.8 Å². The Kier molecular flexibility index (Phi) is 4.90. The molecule has 1 atom stereocenters. The van der Waals surface area contributed by atoms with Gasteiger partial charge in [0.15, 0.2) is 0 Å². The molecule has 14 heavy (non-hydrogen) atoms. The van der Waals surface area contributed by atoms with Gasteiger partial charge in [0, 0.05) is 13.1 Å². The van der Waals surface area contributed by atoms with E-state index in [-0.39, 0.29) is 5.72 Å². The highest BCUT2D eigenvalue weighted by Gasteiger charge is 2.52. The Hall–Kier alpha value is -0.0800. The van der Waals surface area contributed by atoms with Crippen molar-refractivity contribution >= 4 is 0 Å². The molecule has 2 aliphatic rings. The molecule has 0 amide bonds. The van der Waals surface area contributed by atoms with Crippen molar-refractivity contribution in [3.63, 3.8) is 0 Å². The van der Waals surface area contributed by atoms with Gasteiger partial charge < -0.3 is 4.74 Å². The van der Waals surface area contributed by atoms with E-state index in [4.69, 9.17) is 4.74 Å². The summed E-state index contributed by atoms with van der Waals surface area (Å²) in [6.45, 7) is 9.78. The lowest BCUT2D eigenvalue weighted by Crippen LogP contribution is -2.33. The smallest absolute Gasteiger partial charge is 0.145 e. The SMILES string of the molecule is CC.CCCCCN1CCCC12CO2. The fraction of sp³-hybridized carbons (Fsp3) is 1.00. The van der Waals surface area contributed by atoms with Crippen molar-refractivity contribution in [1.29, 1.82) is 0 Å². The highest BCUT2D eigenvalue weighted by molar-refractivity contribution is 4.96. The van der Waals surface area contributed by atoms with Crippen LogP contribution >= 0.6 is 0 Å². The zero-order chi connectivity index (χ0) is 10.4. The molecule has 1 spiro atoms. The highest BCUT2D eigenvalue weighted by atomic mass is 16.6. The van der Waals surface area contributed by atoms with Gasteiger partial charge in [-0.25, -0.2) is 0 Å². The first kappa shape index (κ1) is 12.0. The number of hydrogen-bond acceptors (Lipinski definition) is 2. The maximum absolute atomic E-state index is 5.53. The molecule has 2 nitrogen and oxygen atoms in total. The quantitative estimate of drug-likeness (QED) is 0.511. The lowest BCUT2D eigenvalue weighted by atomic mass is 10.2. The Balaban J connectivity index is 0.000000461. The largest absolute Gasteiger partial charge is 0.353 e. The van der Waals surface area contributed by atoms with Gasteiger partial charge in [0.1, 0.15) is 5.72 Å². The minimum absolute atomic E-state index is 0.244. The molecular formula is C12H25NO. The number of rotatable bonds is 4.